The van der Waals surface area contributed by atoms with Gasteiger partial charge in [0.1, 0.15) is 18.1 Å². The lowest BCUT2D eigenvalue weighted by Gasteiger charge is -2.36. The summed E-state index contributed by atoms with van der Waals surface area (Å²) in [5.74, 6) is 0.694. The predicted octanol–water partition coefficient (Wildman–Crippen LogP) is 5.06. The molecule has 1 heterocycles. The highest BCUT2D eigenvalue weighted by Crippen LogP contribution is 2.40. The van der Waals surface area contributed by atoms with Crippen molar-refractivity contribution in [3.63, 3.8) is 0 Å². The highest BCUT2D eigenvalue weighted by molar-refractivity contribution is 7.92. The summed E-state index contributed by atoms with van der Waals surface area (Å²) < 4.78 is 40.7. The maximum atomic E-state index is 13.8. The van der Waals surface area contributed by atoms with Gasteiger partial charge in [-0.1, -0.05) is 50.6 Å². The molecule has 1 amide bonds. The molecule has 0 fully saturated rings. The summed E-state index contributed by atoms with van der Waals surface area (Å²) in [6.45, 7) is 12.5. The van der Waals surface area contributed by atoms with Crippen molar-refractivity contribution in [3.8, 4) is 11.5 Å². The van der Waals surface area contributed by atoms with Gasteiger partial charge in [-0.05, 0) is 79.3 Å². The van der Waals surface area contributed by atoms with Crippen molar-refractivity contribution < 1.29 is 22.7 Å². The molecule has 1 atom stereocenters. The van der Waals surface area contributed by atoms with Crippen molar-refractivity contribution in [3.05, 3.63) is 82.9 Å². The SMILES string of the molecule is Cc1ccc(S(=O)(=O)N2C[C@@H](C(=O)NCCOc3cc(C)cc(C)c3)Oc3ccc(C(C)(C)C)cc32)cc1. The number of carbonyl (C=O) groups is 1. The van der Waals surface area contributed by atoms with Gasteiger partial charge in [-0.2, -0.15) is 0 Å². The highest BCUT2D eigenvalue weighted by Gasteiger charge is 2.38. The standard InChI is InChI=1S/C30H36N2O5S/c1-20-7-10-25(11-8-20)38(34,35)32-19-28(37-27-12-9-23(18-26(27)32)30(4,5)6)29(33)31-13-14-36-24-16-21(2)15-22(3)17-24/h7-12,15-18,28H,13-14,19H2,1-6H3,(H,31,33)/t28-/m0/s1. The Kier molecular flexibility index (Phi) is 7.74. The molecule has 1 aliphatic rings. The minimum Gasteiger partial charge on any atom is -0.492 e. The Bertz CT molecular complexity index is 1410. The second-order valence-corrected chi connectivity index (χ2v) is 12.7. The predicted molar refractivity (Wildman–Crippen MR) is 150 cm³/mol. The first-order chi connectivity index (χ1) is 17.8. The third kappa shape index (κ3) is 6.13. The number of hydrogen-bond acceptors (Lipinski definition) is 5. The van der Waals surface area contributed by atoms with Gasteiger partial charge in [0.25, 0.3) is 15.9 Å². The van der Waals surface area contributed by atoms with Crippen LogP contribution in [0.1, 0.15) is 43.0 Å². The lowest BCUT2D eigenvalue weighted by atomic mass is 9.86. The Hall–Kier alpha value is -3.52. The number of ether oxygens (including phenoxy) is 2. The molecule has 8 heteroatoms. The molecule has 0 radical (unpaired) electrons. The van der Waals surface area contributed by atoms with E-state index in [4.69, 9.17) is 9.47 Å². The van der Waals surface area contributed by atoms with Crippen LogP contribution in [0.3, 0.4) is 0 Å². The van der Waals surface area contributed by atoms with Gasteiger partial charge in [0.05, 0.1) is 23.7 Å². The van der Waals surface area contributed by atoms with E-state index >= 15 is 0 Å². The van der Waals surface area contributed by atoms with Crippen molar-refractivity contribution in [1.29, 1.82) is 0 Å². The van der Waals surface area contributed by atoms with Crippen LogP contribution in [0.4, 0.5) is 5.69 Å². The van der Waals surface area contributed by atoms with Crippen LogP contribution in [-0.2, 0) is 20.2 Å². The number of aryl methyl sites for hydroxylation is 3. The van der Waals surface area contributed by atoms with E-state index in [9.17, 15) is 13.2 Å². The molecule has 0 aliphatic carbocycles. The maximum absolute atomic E-state index is 13.8. The van der Waals surface area contributed by atoms with E-state index in [1.54, 1.807) is 30.3 Å². The van der Waals surface area contributed by atoms with E-state index in [-0.39, 0.29) is 30.0 Å². The number of rotatable bonds is 7. The lowest BCUT2D eigenvalue weighted by molar-refractivity contribution is -0.127. The average molecular weight is 537 g/mol. The number of anilines is 1. The van der Waals surface area contributed by atoms with Crippen molar-refractivity contribution in [1.82, 2.24) is 5.32 Å². The maximum Gasteiger partial charge on any atom is 0.264 e. The van der Waals surface area contributed by atoms with Gasteiger partial charge in [0, 0.05) is 0 Å². The van der Waals surface area contributed by atoms with Gasteiger partial charge < -0.3 is 14.8 Å². The second kappa shape index (κ2) is 10.7. The number of hydrogen-bond donors (Lipinski definition) is 1. The van der Waals surface area contributed by atoms with E-state index in [0.29, 0.717) is 11.4 Å². The van der Waals surface area contributed by atoms with Crippen LogP contribution in [0.25, 0.3) is 0 Å². The quantitative estimate of drug-likeness (QED) is 0.427. The molecular formula is C30H36N2O5S. The number of amides is 1. The van der Waals surface area contributed by atoms with Crippen LogP contribution in [-0.4, -0.2) is 40.1 Å². The normalized spacial score (nSPS) is 15.4. The Balaban J connectivity index is 1.55. The third-order valence-corrected chi connectivity index (χ3v) is 8.26. The first-order valence-corrected chi connectivity index (χ1v) is 14.2. The van der Waals surface area contributed by atoms with Gasteiger partial charge in [-0.25, -0.2) is 8.42 Å². The van der Waals surface area contributed by atoms with Crippen LogP contribution < -0.4 is 19.1 Å². The number of sulfonamides is 1. The molecule has 1 N–H and O–H groups in total. The molecule has 0 saturated carbocycles. The largest absolute Gasteiger partial charge is 0.492 e. The molecule has 0 saturated heterocycles. The zero-order valence-corrected chi connectivity index (χ0v) is 23.7. The minimum absolute atomic E-state index is 0.138. The Morgan fingerprint density at radius 3 is 2.26 bits per heavy atom. The molecule has 0 unspecified atom stereocenters. The summed E-state index contributed by atoms with van der Waals surface area (Å²) in [4.78, 5) is 13.3. The van der Waals surface area contributed by atoms with Gasteiger partial charge in [-0.15, -0.1) is 0 Å². The summed E-state index contributed by atoms with van der Waals surface area (Å²) in [5.41, 5.74) is 4.36. The second-order valence-electron chi connectivity index (χ2n) is 10.9. The Morgan fingerprint density at radius 2 is 1.63 bits per heavy atom. The molecule has 3 aromatic carbocycles. The zero-order valence-electron chi connectivity index (χ0n) is 22.9. The topological polar surface area (TPSA) is 84.9 Å². The van der Waals surface area contributed by atoms with E-state index < -0.39 is 22.0 Å². The monoisotopic (exact) mass is 536 g/mol. The molecule has 0 spiro atoms. The third-order valence-electron chi connectivity index (χ3n) is 6.46. The molecule has 4 rings (SSSR count). The van der Waals surface area contributed by atoms with Crippen molar-refractivity contribution in [2.24, 2.45) is 0 Å². The number of carbonyl (C=O) groups excluding carboxylic acids is 1. The molecule has 202 valence electrons. The summed E-state index contributed by atoms with van der Waals surface area (Å²) in [5, 5.41) is 2.83. The fourth-order valence-corrected chi connectivity index (χ4v) is 5.86. The smallest absolute Gasteiger partial charge is 0.264 e. The fourth-order valence-electron chi connectivity index (χ4n) is 4.39. The number of nitrogens with zero attached hydrogens (tertiary/aromatic N) is 1. The van der Waals surface area contributed by atoms with Crippen LogP contribution >= 0.6 is 0 Å². The molecule has 0 bridgehead atoms. The first kappa shape index (κ1) is 27.5. The summed E-state index contributed by atoms with van der Waals surface area (Å²) in [6.07, 6.45) is -1.01. The molecule has 1 aliphatic heterocycles. The molecule has 0 aromatic heterocycles. The summed E-state index contributed by atoms with van der Waals surface area (Å²) in [7, 11) is -3.94. The molecule has 7 nitrogen and oxygen atoms in total. The molecule has 3 aromatic rings. The Labute approximate surface area is 225 Å². The van der Waals surface area contributed by atoms with Gasteiger partial charge in [0.15, 0.2) is 6.10 Å². The van der Waals surface area contributed by atoms with Crippen LogP contribution in [0, 0.1) is 20.8 Å². The number of fused-ring (bicyclic) bond motifs is 1. The molecule has 38 heavy (non-hydrogen) atoms. The summed E-state index contributed by atoms with van der Waals surface area (Å²) in [6, 6.07) is 18.1. The Morgan fingerprint density at radius 1 is 0.974 bits per heavy atom. The molecular weight excluding hydrogens is 500 g/mol. The van der Waals surface area contributed by atoms with Crippen LogP contribution in [0.5, 0.6) is 11.5 Å². The summed E-state index contributed by atoms with van der Waals surface area (Å²) >= 11 is 0. The van der Waals surface area contributed by atoms with Crippen LogP contribution in [0.15, 0.2) is 65.6 Å². The average Bonchev–Trinajstić information content (AvgIpc) is 2.84. The van der Waals surface area contributed by atoms with Gasteiger partial charge in [-0.3, -0.25) is 9.10 Å². The number of nitrogens with one attached hydrogen (secondary N) is 1. The van der Waals surface area contributed by atoms with E-state index in [2.05, 4.69) is 32.2 Å². The van der Waals surface area contributed by atoms with Crippen LogP contribution in [0.2, 0.25) is 0 Å². The van der Waals surface area contributed by atoms with E-state index in [0.717, 1.165) is 28.0 Å². The highest BCUT2D eigenvalue weighted by atomic mass is 32.2. The van der Waals surface area contributed by atoms with E-state index in [1.807, 2.05) is 45.0 Å². The fraction of sp³-hybridized carbons (Fsp3) is 0.367. The first-order valence-electron chi connectivity index (χ1n) is 12.7. The van der Waals surface area contributed by atoms with Gasteiger partial charge >= 0.3 is 0 Å². The van der Waals surface area contributed by atoms with Gasteiger partial charge in [0.2, 0.25) is 0 Å². The van der Waals surface area contributed by atoms with Crippen molar-refractivity contribution in [2.45, 2.75) is 58.0 Å². The minimum atomic E-state index is -3.94. The van der Waals surface area contributed by atoms with Crippen molar-refractivity contribution >= 4 is 21.6 Å². The zero-order chi connectivity index (χ0) is 27.7. The number of benzene rings is 3. The van der Waals surface area contributed by atoms with E-state index in [1.165, 1.54) is 4.31 Å². The van der Waals surface area contributed by atoms with Crippen molar-refractivity contribution in [2.75, 3.05) is 24.0 Å². The lowest BCUT2D eigenvalue weighted by Crippen LogP contribution is -2.51.